The minimum atomic E-state index is -3.08. The van der Waals surface area contributed by atoms with Gasteiger partial charge in [-0.3, -0.25) is 4.98 Å². The normalized spacial score (nSPS) is 20.1. The van der Waals surface area contributed by atoms with Gasteiger partial charge in [0.15, 0.2) is 9.84 Å². The zero-order chi connectivity index (χ0) is 12.3. The van der Waals surface area contributed by atoms with Crippen molar-refractivity contribution in [2.75, 3.05) is 0 Å². The van der Waals surface area contributed by atoms with Gasteiger partial charge in [-0.25, -0.2) is 8.42 Å². The van der Waals surface area contributed by atoms with E-state index in [1.165, 1.54) is 6.42 Å². The Balaban J connectivity index is 2.20. The van der Waals surface area contributed by atoms with Crippen LogP contribution in [0.25, 0.3) is 0 Å². The van der Waals surface area contributed by atoms with Crippen LogP contribution in [-0.2, 0) is 9.84 Å². The van der Waals surface area contributed by atoms with Gasteiger partial charge in [-0.1, -0.05) is 25.3 Å². The first-order valence-electron chi connectivity index (χ1n) is 6.26. The van der Waals surface area contributed by atoms with Crippen molar-refractivity contribution in [3.63, 3.8) is 0 Å². The Bertz CT molecular complexity index is 450. The second kappa shape index (κ2) is 5.17. The van der Waals surface area contributed by atoms with Gasteiger partial charge in [0.05, 0.1) is 10.9 Å². The molecule has 1 atom stereocenters. The molecule has 1 aromatic rings. The van der Waals surface area contributed by atoms with Gasteiger partial charge in [-0.2, -0.15) is 0 Å². The standard InChI is InChI=1S/C13H19NO2S/c1-11(13-9-5-6-10-14-13)17(15,16)12-7-3-2-4-8-12/h5-6,9-12H,2-4,7-8H2,1H3. The van der Waals surface area contributed by atoms with E-state index in [1.54, 1.807) is 19.2 Å². The van der Waals surface area contributed by atoms with Gasteiger partial charge in [0.25, 0.3) is 0 Å². The molecule has 0 aromatic carbocycles. The Morgan fingerprint density at radius 3 is 2.53 bits per heavy atom. The van der Waals surface area contributed by atoms with Gasteiger partial charge < -0.3 is 0 Å². The highest BCUT2D eigenvalue weighted by Gasteiger charge is 2.33. The minimum Gasteiger partial charge on any atom is -0.260 e. The van der Waals surface area contributed by atoms with Crippen molar-refractivity contribution in [1.29, 1.82) is 0 Å². The lowest BCUT2D eigenvalue weighted by molar-refractivity contribution is 0.479. The number of hydrogen-bond acceptors (Lipinski definition) is 3. The van der Waals surface area contributed by atoms with E-state index in [2.05, 4.69) is 4.98 Å². The Kier molecular flexibility index (Phi) is 3.82. The van der Waals surface area contributed by atoms with E-state index in [0.717, 1.165) is 25.7 Å². The largest absolute Gasteiger partial charge is 0.260 e. The number of pyridine rings is 1. The van der Waals surface area contributed by atoms with Crippen LogP contribution in [0.4, 0.5) is 0 Å². The fraction of sp³-hybridized carbons (Fsp3) is 0.615. The van der Waals surface area contributed by atoms with Crippen molar-refractivity contribution in [2.45, 2.75) is 49.5 Å². The molecule has 1 aromatic heterocycles. The molecule has 1 aliphatic rings. The summed E-state index contributed by atoms with van der Waals surface area (Å²) in [5.41, 5.74) is 0.665. The molecule has 2 rings (SSSR count). The molecule has 0 aliphatic heterocycles. The highest BCUT2D eigenvalue weighted by atomic mass is 32.2. The van der Waals surface area contributed by atoms with Crippen LogP contribution in [0.2, 0.25) is 0 Å². The molecule has 3 nitrogen and oxygen atoms in total. The average Bonchev–Trinajstić information content (AvgIpc) is 2.40. The predicted molar refractivity (Wildman–Crippen MR) is 68.4 cm³/mol. The van der Waals surface area contributed by atoms with Gasteiger partial charge in [0.2, 0.25) is 0 Å². The molecule has 0 spiro atoms. The fourth-order valence-corrected chi connectivity index (χ4v) is 4.51. The monoisotopic (exact) mass is 253 g/mol. The lowest BCUT2D eigenvalue weighted by Crippen LogP contribution is -2.28. The first-order chi connectivity index (χ1) is 8.12. The number of hydrogen-bond donors (Lipinski definition) is 0. The molecule has 0 N–H and O–H groups in total. The summed E-state index contributed by atoms with van der Waals surface area (Å²) < 4.78 is 24.9. The second-order valence-electron chi connectivity index (χ2n) is 4.75. The van der Waals surface area contributed by atoms with Crippen molar-refractivity contribution in [1.82, 2.24) is 4.98 Å². The maximum absolute atomic E-state index is 12.4. The second-order valence-corrected chi connectivity index (χ2v) is 7.30. The van der Waals surface area contributed by atoms with Gasteiger partial charge in [0, 0.05) is 6.20 Å². The van der Waals surface area contributed by atoms with Crippen LogP contribution in [0.15, 0.2) is 24.4 Å². The maximum atomic E-state index is 12.4. The first-order valence-corrected chi connectivity index (χ1v) is 7.87. The molecular weight excluding hydrogens is 234 g/mol. The molecule has 1 fully saturated rings. The Morgan fingerprint density at radius 2 is 1.94 bits per heavy atom. The van der Waals surface area contributed by atoms with Crippen LogP contribution in [0.3, 0.4) is 0 Å². The molecule has 0 radical (unpaired) electrons. The summed E-state index contributed by atoms with van der Waals surface area (Å²) in [7, 11) is -3.08. The number of nitrogens with zero attached hydrogens (tertiary/aromatic N) is 1. The third kappa shape index (κ3) is 2.68. The summed E-state index contributed by atoms with van der Waals surface area (Å²) in [6.45, 7) is 1.76. The Morgan fingerprint density at radius 1 is 1.24 bits per heavy atom. The molecule has 1 unspecified atom stereocenters. The van der Waals surface area contributed by atoms with Crippen LogP contribution in [0.5, 0.6) is 0 Å². The van der Waals surface area contributed by atoms with Crippen LogP contribution < -0.4 is 0 Å². The fourth-order valence-electron chi connectivity index (χ4n) is 2.47. The summed E-state index contributed by atoms with van der Waals surface area (Å²) in [5.74, 6) is 0. The molecule has 17 heavy (non-hydrogen) atoms. The molecule has 4 heteroatoms. The van der Waals surface area contributed by atoms with Crippen LogP contribution in [0, 0.1) is 0 Å². The summed E-state index contributed by atoms with van der Waals surface area (Å²) in [6, 6.07) is 5.45. The van der Waals surface area contributed by atoms with E-state index in [4.69, 9.17) is 0 Å². The van der Waals surface area contributed by atoms with E-state index in [9.17, 15) is 8.42 Å². The van der Waals surface area contributed by atoms with E-state index < -0.39 is 15.1 Å². The molecule has 0 amide bonds. The van der Waals surface area contributed by atoms with Gasteiger partial charge in [-0.15, -0.1) is 0 Å². The SMILES string of the molecule is CC(c1ccccn1)S(=O)(=O)C1CCCCC1. The first kappa shape index (κ1) is 12.6. The van der Waals surface area contributed by atoms with Gasteiger partial charge in [0.1, 0.15) is 5.25 Å². The lowest BCUT2D eigenvalue weighted by Gasteiger charge is -2.24. The van der Waals surface area contributed by atoms with Crippen LogP contribution >= 0.6 is 0 Å². The quantitative estimate of drug-likeness (QED) is 0.832. The zero-order valence-electron chi connectivity index (χ0n) is 10.2. The van der Waals surface area contributed by atoms with Crippen LogP contribution in [0.1, 0.15) is 50.0 Å². The molecule has 94 valence electrons. The van der Waals surface area contributed by atoms with E-state index in [1.807, 2.05) is 12.1 Å². The van der Waals surface area contributed by atoms with E-state index in [-0.39, 0.29) is 5.25 Å². The van der Waals surface area contributed by atoms with Gasteiger partial charge >= 0.3 is 0 Å². The van der Waals surface area contributed by atoms with Gasteiger partial charge in [-0.05, 0) is 31.9 Å². The molecule has 1 saturated carbocycles. The molecule has 1 heterocycles. The van der Waals surface area contributed by atoms with Crippen molar-refractivity contribution >= 4 is 9.84 Å². The zero-order valence-corrected chi connectivity index (χ0v) is 11.0. The van der Waals surface area contributed by atoms with E-state index >= 15 is 0 Å². The van der Waals surface area contributed by atoms with Crippen molar-refractivity contribution < 1.29 is 8.42 Å². The third-order valence-electron chi connectivity index (χ3n) is 3.61. The number of rotatable bonds is 3. The Labute approximate surface area is 103 Å². The molecule has 1 aliphatic carbocycles. The smallest absolute Gasteiger partial charge is 0.161 e. The topological polar surface area (TPSA) is 47.0 Å². The molecule has 0 bridgehead atoms. The Hall–Kier alpha value is -0.900. The molecular formula is C13H19NO2S. The van der Waals surface area contributed by atoms with Crippen molar-refractivity contribution in [3.05, 3.63) is 30.1 Å². The van der Waals surface area contributed by atoms with E-state index in [0.29, 0.717) is 5.69 Å². The van der Waals surface area contributed by atoms with Crippen LogP contribution in [-0.4, -0.2) is 18.7 Å². The molecule has 0 saturated heterocycles. The summed E-state index contributed by atoms with van der Waals surface area (Å²) in [4.78, 5) is 4.16. The highest BCUT2D eigenvalue weighted by Crippen LogP contribution is 2.31. The minimum absolute atomic E-state index is 0.159. The summed E-state index contributed by atoms with van der Waals surface area (Å²) in [5, 5.41) is -0.639. The lowest BCUT2D eigenvalue weighted by atomic mass is 10.0. The van der Waals surface area contributed by atoms with Crippen molar-refractivity contribution in [3.8, 4) is 0 Å². The summed E-state index contributed by atoms with van der Waals surface area (Å²) >= 11 is 0. The summed E-state index contributed by atoms with van der Waals surface area (Å²) in [6.07, 6.45) is 6.54. The number of sulfone groups is 1. The average molecular weight is 253 g/mol. The van der Waals surface area contributed by atoms with Crippen molar-refractivity contribution in [2.24, 2.45) is 0 Å². The number of aromatic nitrogens is 1. The third-order valence-corrected chi connectivity index (χ3v) is 6.24. The predicted octanol–water partition coefficient (Wildman–Crippen LogP) is 2.89. The maximum Gasteiger partial charge on any atom is 0.161 e. The highest BCUT2D eigenvalue weighted by molar-refractivity contribution is 7.92.